The molecule has 108 valence electrons. The highest BCUT2D eigenvalue weighted by molar-refractivity contribution is 5.20. The maximum Gasteiger partial charge on any atom is 0.0547 e. The second-order valence-corrected chi connectivity index (χ2v) is 5.86. The molecule has 0 radical (unpaired) electrons. The second-order valence-electron chi connectivity index (χ2n) is 5.86. The number of hydrogen-bond donors (Lipinski definition) is 1. The topological polar surface area (TPSA) is 29.9 Å². The van der Waals surface area contributed by atoms with Crippen molar-refractivity contribution in [1.29, 1.82) is 0 Å². The van der Waals surface area contributed by atoms with Gasteiger partial charge in [0.25, 0.3) is 0 Å². The summed E-state index contributed by atoms with van der Waals surface area (Å²) in [6.07, 6.45) is 2.99. The normalized spacial score (nSPS) is 14.4. The lowest BCUT2D eigenvalue weighted by Gasteiger charge is -2.25. The number of aryl methyl sites for hydroxylation is 1. The van der Waals surface area contributed by atoms with Crippen molar-refractivity contribution < 1.29 is 0 Å². The average Bonchev–Trinajstić information content (AvgIpc) is 2.85. The lowest BCUT2D eigenvalue weighted by molar-refractivity contribution is 0.385. The quantitative estimate of drug-likeness (QED) is 0.864. The molecule has 2 unspecified atom stereocenters. The van der Waals surface area contributed by atoms with Crippen LogP contribution in [0.5, 0.6) is 0 Å². The van der Waals surface area contributed by atoms with Gasteiger partial charge in [-0.15, -0.1) is 0 Å². The van der Waals surface area contributed by atoms with Crippen LogP contribution >= 0.6 is 0 Å². The summed E-state index contributed by atoms with van der Waals surface area (Å²) in [4.78, 5) is 0. The Hall–Kier alpha value is -1.61. The standard InChI is InChI=1S/C17H25N3/c1-13(2)12-16(15-8-6-5-7-9-15)19-14(3)17-10-11-18-20(17)4/h5-11,13-14,16,19H,12H2,1-4H3. The molecular formula is C17H25N3. The van der Waals surface area contributed by atoms with E-state index in [9.17, 15) is 0 Å². The zero-order valence-electron chi connectivity index (χ0n) is 12.9. The molecule has 0 saturated carbocycles. The Bertz CT molecular complexity index is 516. The molecule has 0 bridgehead atoms. The van der Waals surface area contributed by atoms with Gasteiger partial charge in [0.15, 0.2) is 0 Å². The fourth-order valence-corrected chi connectivity index (χ4v) is 2.65. The van der Waals surface area contributed by atoms with E-state index in [0.717, 1.165) is 6.42 Å². The average molecular weight is 271 g/mol. The highest BCUT2D eigenvalue weighted by atomic mass is 15.3. The van der Waals surface area contributed by atoms with E-state index in [4.69, 9.17) is 0 Å². The largest absolute Gasteiger partial charge is 0.302 e. The molecule has 1 aromatic heterocycles. The van der Waals surface area contributed by atoms with Gasteiger partial charge in [-0.3, -0.25) is 4.68 Å². The monoisotopic (exact) mass is 271 g/mol. The molecule has 1 heterocycles. The Kier molecular flexibility index (Phi) is 4.96. The first-order valence-corrected chi connectivity index (χ1v) is 7.36. The first kappa shape index (κ1) is 14.8. The molecule has 0 aliphatic heterocycles. The molecule has 0 fully saturated rings. The number of hydrogen-bond acceptors (Lipinski definition) is 2. The Morgan fingerprint density at radius 2 is 1.80 bits per heavy atom. The zero-order valence-corrected chi connectivity index (χ0v) is 12.9. The molecule has 20 heavy (non-hydrogen) atoms. The number of rotatable bonds is 6. The van der Waals surface area contributed by atoms with Gasteiger partial charge in [-0.25, -0.2) is 0 Å². The minimum atomic E-state index is 0.284. The Balaban J connectivity index is 2.14. The maximum absolute atomic E-state index is 4.26. The van der Waals surface area contributed by atoms with Gasteiger partial charge >= 0.3 is 0 Å². The minimum absolute atomic E-state index is 0.284. The van der Waals surface area contributed by atoms with Crippen molar-refractivity contribution in [2.45, 2.75) is 39.3 Å². The summed E-state index contributed by atoms with van der Waals surface area (Å²) >= 11 is 0. The van der Waals surface area contributed by atoms with Crippen LogP contribution in [-0.4, -0.2) is 9.78 Å². The van der Waals surface area contributed by atoms with E-state index in [0.29, 0.717) is 12.0 Å². The van der Waals surface area contributed by atoms with Gasteiger partial charge in [-0.05, 0) is 30.9 Å². The van der Waals surface area contributed by atoms with Gasteiger partial charge in [0.1, 0.15) is 0 Å². The molecule has 1 N–H and O–H groups in total. The van der Waals surface area contributed by atoms with E-state index in [2.05, 4.69) is 67.6 Å². The van der Waals surface area contributed by atoms with Crippen LogP contribution in [0.3, 0.4) is 0 Å². The molecule has 0 aliphatic carbocycles. The number of nitrogens with one attached hydrogen (secondary N) is 1. The Labute approximate surface area is 122 Å². The van der Waals surface area contributed by atoms with Crippen molar-refractivity contribution in [3.63, 3.8) is 0 Å². The van der Waals surface area contributed by atoms with Crippen molar-refractivity contribution in [1.82, 2.24) is 15.1 Å². The Morgan fingerprint density at radius 3 is 2.35 bits per heavy atom. The fourth-order valence-electron chi connectivity index (χ4n) is 2.65. The molecule has 0 spiro atoms. The van der Waals surface area contributed by atoms with E-state index in [1.807, 2.05) is 17.9 Å². The summed E-state index contributed by atoms with van der Waals surface area (Å²) in [5.74, 6) is 0.659. The summed E-state index contributed by atoms with van der Waals surface area (Å²) in [5, 5.41) is 8.00. The molecule has 0 saturated heterocycles. The smallest absolute Gasteiger partial charge is 0.0547 e. The van der Waals surface area contributed by atoms with E-state index in [1.165, 1.54) is 11.3 Å². The van der Waals surface area contributed by atoms with Crippen LogP contribution < -0.4 is 5.32 Å². The predicted octanol–water partition coefficient (Wildman–Crippen LogP) is 3.86. The van der Waals surface area contributed by atoms with E-state index in [-0.39, 0.29) is 6.04 Å². The summed E-state index contributed by atoms with van der Waals surface area (Å²) in [5.41, 5.74) is 2.57. The van der Waals surface area contributed by atoms with Crippen molar-refractivity contribution in [2.24, 2.45) is 13.0 Å². The molecule has 2 atom stereocenters. The van der Waals surface area contributed by atoms with Crippen LogP contribution in [-0.2, 0) is 7.05 Å². The van der Waals surface area contributed by atoms with Gasteiger partial charge in [0.2, 0.25) is 0 Å². The fraction of sp³-hybridized carbons (Fsp3) is 0.471. The molecule has 3 nitrogen and oxygen atoms in total. The molecule has 3 heteroatoms. The minimum Gasteiger partial charge on any atom is -0.302 e. The van der Waals surface area contributed by atoms with Crippen LogP contribution in [0.4, 0.5) is 0 Å². The third kappa shape index (κ3) is 3.70. The lowest BCUT2D eigenvalue weighted by atomic mass is 9.96. The van der Waals surface area contributed by atoms with Gasteiger partial charge in [-0.2, -0.15) is 5.10 Å². The van der Waals surface area contributed by atoms with Gasteiger partial charge in [0.05, 0.1) is 5.69 Å². The van der Waals surface area contributed by atoms with E-state index < -0.39 is 0 Å². The zero-order chi connectivity index (χ0) is 14.5. The van der Waals surface area contributed by atoms with Gasteiger partial charge < -0.3 is 5.32 Å². The molecule has 2 aromatic rings. The van der Waals surface area contributed by atoms with Crippen molar-refractivity contribution in [3.8, 4) is 0 Å². The van der Waals surface area contributed by atoms with Crippen LogP contribution in [0.25, 0.3) is 0 Å². The first-order valence-electron chi connectivity index (χ1n) is 7.36. The van der Waals surface area contributed by atoms with Gasteiger partial charge in [-0.1, -0.05) is 44.2 Å². The summed E-state index contributed by atoms with van der Waals surface area (Å²) in [7, 11) is 1.99. The predicted molar refractivity (Wildman–Crippen MR) is 83.4 cm³/mol. The third-order valence-electron chi connectivity index (χ3n) is 3.66. The highest BCUT2D eigenvalue weighted by Crippen LogP contribution is 2.25. The highest BCUT2D eigenvalue weighted by Gasteiger charge is 2.18. The molecular weight excluding hydrogens is 246 g/mol. The maximum atomic E-state index is 4.26. The Morgan fingerprint density at radius 1 is 1.10 bits per heavy atom. The molecule has 1 aromatic carbocycles. The SMILES string of the molecule is CC(C)CC(NC(C)c1ccnn1C)c1ccccc1. The van der Waals surface area contributed by atoms with Crippen LogP contribution in [0.15, 0.2) is 42.6 Å². The van der Waals surface area contributed by atoms with Crippen molar-refractivity contribution in [2.75, 3.05) is 0 Å². The van der Waals surface area contributed by atoms with Crippen LogP contribution in [0, 0.1) is 5.92 Å². The number of nitrogens with zero attached hydrogens (tertiary/aromatic N) is 2. The summed E-state index contributed by atoms with van der Waals surface area (Å²) < 4.78 is 1.94. The molecule has 0 amide bonds. The molecule has 0 aliphatic rings. The lowest BCUT2D eigenvalue weighted by Crippen LogP contribution is -2.27. The summed E-state index contributed by atoms with van der Waals surface area (Å²) in [6.45, 7) is 6.74. The molecule has 2 rings (SSSR count). The third-order valence-corrected chi connectivity index (χ3v) is 3.66. The first-order chi connectivity index (χ1) is 9.58. The second kappa shape index (κ2) is 6.71. The van der Waals surface area contributed by atoms with Crippen molar-refractivity contribution in [3.05, 3.63) is 53.9 Å². The van der Waals surface area contributed by atoms with Crippen LogP contribution in [0.1, 0.15) is 50.5 Å². The van der Waals surface area contributed by atoms with E-state index >= 15 is 0 Å². The number of benzene rings is 1. The van der Waals surface area contributed by atoms with Gasteiger partial charge in [0, 0.05) is 25.3 Å². The van der Waals surface area contributed by atoms with E-state index in [1.54, 1.807) is 0 Å². The van der Waals surface area contributed by atoms with Crippen LogP contribution in [0.2, 0.25) is 0 Å². The summed E-state index contributed by atoms with van der Waals surface area (Å²) in [6, 6.07) is 13.4. The van der Waals surface area contributed by atoms with Crippen molar-refractivity contribution >= 4 is 0 Å². The number of aromatic nitrogens is 2.